The lowest BCUT2D eigenvalue weighted by Gasteiger charge is -1.99. The van der Waals surface area contributed by atoms with E-state index in [1.54, 1.807) is 6.92 Å². The highest BCUT2D eigenvalue weighted by molar-refractivity contribution is 5.86. The molecule has 0 radical (unpaired) electrons. The SMILES string of the molecule is C1CCOC1.C=C(C)C(=O)OCCO. The van der Waals surface area contributed by atoms with Gasteiger partial charge in [0.25, 0.3) is 0 Å². The second-order valence-corrected chi connectivity index (χ2v) is 2.96. The Morgan fingerprint density at radius 2 is 2.07 bits per heavy atom. The number of carbonyl (C=O) groups is 1. The number of ether oxygens (including phenoxy) is 2. The quantitative estimate of drug-likeness (QED) is 0.545. The maximum absolute atomic E-state index is 10.5. The molecule has 0 aromatic carbocycles. The van der Waals surface area contributed by atoms with Gasteiger partial charge in [0.2, 0.25) is 0 Å². The Morgan fingerprint density at radius 3 is 2.36 bits per heavy atom. The molecule has 0 atom stereocenters. The molecule has 0 aromatic rings. The summed E-state index contributed by atoms with van der Waals surface area (Å²) >= 11 is 0. The van der Waals surface area contributed by atoms with Crippen molar-refractivity contribution in [2.45, 2.75) is 19.8 Å². The predicted octanol–water partition coefficient (Wildman–Crippen LogP) is 0.895. The number of aliphatic hydroxyl groups excluding tert-OH is 1. The first-order valence-electron chi connectivity index (χ1n) is 4.69. The molecule has 1 aliphatic heterocycles. The van der Waals surface area contributed by atoms with Crippen LogP contribution in [0.15, 0.2) is 12.2 Å². The molecule has 0 aliphatic carbocycles. The van der Waals surface area contributed by atoms with Crippen LogP contribution in [0.25, 0.3) is 0 Å². The summed E-state index contributed by atoms with van der Waals surface area (Å²) in [6.45, 7) is 6.81. The zero-order chi connectivity index (χ0) is 10.8. The smallest absolute Gasteiger partial charge is 0.333 e. The van der Waals surface area contributed by atoms with Crippen LogP contribution in [0.3, 0.4) is 0 Å². The third kappa shape index (κ3) is 7.76. The second-order valence-electron chi connectivity index (χ2n) is 2.96. The van der Waals surface area contributed by atoms with Crippen LogP contribution in [-0.4, -0.2) is 37.5 Å². The van der Waals surface area contributed by atoms with E-state index in [1.165, 1.54) is 12.8 Å². The van der Waals surface area contributed by atoms with Crippen molar-refractivity contribution in [3.05, 3.63) is 12.2 Å². The van der Waals surface area contributed by atoms with Gasteiger partial charge in [-0.3, -0.25) is 0 Å². The van der Waals surface area contributed by atoms with E-state index < -0.39 is 5.97 Å². The normalized spacial score (nSPS) is 14.1. The van der Waals surface area contributed by atoms with Gasteiger partial charge in [0.05, 0.1) is 6.61 Å². The van der Waals surface area contributed by atoms with Crippen LogP contribution < -0.4 is 0 Å². The predicted molar refractivity (Wildman–Crippen MR) is 52.9 cm³/mol. The molecule has 0 spiro atoms. The maximum atomic E-state index is 10.5. The van der Waals surface area contributed by atoms with Gasteiger partial charge in [-0.05, 0) is 19.8 Å². The summed E-state index contributed by atoms with van der Waals surface area (Å²) in [4.78, 5) is 10.5. The van der Waals surface area contributed by atoms with Crippen molar-refractivity contribution >= 4 is 5.97 Å². The monoisotopic (exact) mass is 202 g/mol. The van der Waals surface area contributed by atoms with Crippen molar-refractivity contribution < 1.29 is 19.4 Å². The van der Waals surface area contributed by atoms with E-state index in [0.717, 1.165) is 13.2 Å². The molecular weight excluding hydrogens is 184 g/mol. The molecule has 82 valence electrons. The topological polar surface area (TPSA) is 55.8 Å². The number of hydrogen-bond acceptors (Lipinski definition) is 4. The largest absolute Gasteiger partial charge is 0.460 e. The summed E-state index contributed by atoms with van der Waals surface area (Å²) < 4.78 is 9.41. The van der Waals surface area contributed by atoms with Crippen LogP contribution in [0.1, 0.15) is 19.8 Å². The lowest BCUT2D eigenvalue weighted by molar-refractivity contribution is -0.139. The van der Waals surface area contributed by atoms with Crippen LogP contribution in [0.2, 0.25) is 0 Å². The lowest BCUT2D eigenvalue weighted by Crippen LogP contribution is -2.08. The molecule has 0 aromatic heterocycles. The van der Waals surface area contributed by atoms with Crippen LogP contribution in [0.5, 0.6) is 0 Å². The fourth-order valence-corrected chi connectivity index (χ4v) is 0.772. The first-order valence-corrected chi connectivity index (χ1v) is 4.69. The molecule has 0 bridgehead atoms. The Labute approximate surface area is 84.5 Å². The first-order chi connectivity index (χ1) is 6.68. The van der Waals surface area contributed by atoms with Crippen molar-refractivity contribution in [3.8, 4) is 0 Å². The number of esters is 1. The van der Waals surface area contributed by atoms with E-state index >= 15 is 0 Å². The van der Waals surface area contributed by atoms with E-state index in [9.17, 15) is 4.79 Å². The molecular formula is C10H18O4. The van der Waals surface area contributed by atoms with Crippen LogP contribution in [0.4, 0.5) is 0 Å². The summed E-state index contributed by atoms with van der Waals surface area (Å²) in [6, 6.07) is 0. The zero-order valence-electron chi connectivity index (χ0n) is 8.62. The molecule has 1 heterocycles. The lowest BCUT2D eigenvalue weighted by atomic mass is 10.4. The summed E-state index contributed by atoms with van der Waals surface area (Å²) in [6.07, 6.45) is 2.56. The molecule has 1 rings (SSSR count). The first kappa shape index (κ1) is 13.1. The van der Waals surface area contributed by atoms with Crippen LogP contribution in [-0.2, 0) is 14.3 Å². The van der Waals surface area contributed by atoms with Gasteiger partial charge in [-0.1, -0.05) is 6.58 Å². The van der Waals surface area contributed by atoms with Gasteiger partial charge in [-0.2, -0.15) is 0 Å². The minimum Gasteiger partial charge on any atom is -0.460 e. The Morgan fingerprint density at radius 1 is 1.50 bits per heavy atom. The Balaban J connectivity index is 0.000000280. The molecule has 4 nitrogen and oxygen atoms in total. The molecule has 1 aliphatic rings. The third-order valence-corrected chi connectivity index (χ3v) is 1.50. The maximum Gasteiger partial charge on any atom is 0.333 e. The highest BCUT2D eigenvalue weighted by Crippen LogP contribution is 1.98. The van der Waals surface area contributed by atoms with E-state index in [-0.39, 0.29) is 13.2 Å². The zero-order valence-corrected chi connectivity index (χ0v) is 8.62. The van der Waals surface area contributed by atoms with Crippen molar-refractivity contribution in [1.29, 1.82) is 0 Å². The van der Waals surface area contributed by atoms with E-state index in [1.807, 2.05) is 0 Å². The summed E-state index contributed by atoms with van der Waals surface area (Å²) in [5, 5.41) is 8.19. The number of rotatable bonds is 3. The van der Waals surface area contributed by atoms with Crippen molar-refractivity contribution in [1.82, 2.24) is 0 Å². The number of hydrogen-bond donors (Lipinski definition) is 1. The van der Waals surface area contributed by atoms with Gasteiger partial charge in [-0.25, -0.2) is 4.79 Å². The third-order valence-electron chi connectivity index (χ3n) is 1.50. The molecule has 0 amide bonds. The highest BCUT2D eigenvalue weighted by Gasteiger charge is 1.99. The van der Waals surface area contributed by atoms with Crippen LogP contribution >= 0.6 is 0 Å². The molecule has 1 N–H and O–H groups in total. The van der Waals surface area contributed by atoms with Crippen molar-refractivity contribution in [3.63, 3.8) is 0 Å². The van der Waals surface area contributed by atoms with E-state index in [4.69, 9.17) is 9.84 Å². The van der Waals surface area contributed by atoms with Gasteiger partial charge in [0.15, 0.2) is 0 Å². The minimum absolute atomic E-state index is 0.0473. The molecule has 4 heteroatoms. The fraction of sp³-hybridized carbons (Fsp3) is 0.700. The summed E-state index contributed by atoms with van der Waals surface area (Å²) in [5.74, 6) is -0.455. The summed E-state index contributed by atoms with van der Waals surface area (Å²) in [7, 11) is 0. The fourth-order valence-electron chi connectivity index (χ4n) is 0.772. The van der Waals surface area contributed by atoms with Gasteiger partial charge < -0.3 is 14.6 Å². The van der Waals surface area contributed by atoms with Crippen LogP contribution in [0, 0.1) is 0 Å². The summed E-state index contributed by atoms with van der Waals surface area (Å²) in [5.41, 5.74) is 0.350. The molecule has 1 saturated heterocycles. The molecule has 0 unspecified atom stereocenters. The molecule has 14 heavy (non-hydrogen) atoms. The second kappa shape index (κ2) is 8.72. The standard InChI is InChI=1S/C6H10O3.C4H8O/c1-5(2)6(8)9-4-3-7;1-2-4-5-3-1/h7H,1,3-4H2,2H3;1-4H2. The van der Waals surface area contributed by atoms with E-state index in [2.05, 4.69) is 11.3 Å². The molecule has 1 fully saturated rings. The highest BCUT2D eigenvalue weighted by atomic mass is 16.5. The van der Waals surface area contributed by atoms with Gasteiger partial charge in [0, 0.05) is 18.8 Å². The average Bonchev–Trinajstić information content (AvgIpc) is 2.71. The van der Waals surface area contributed by atoms with E-state index in [0.29, 0.717) is 5.57 Å². The number of aliphatic hydroxyl groups is 1. The Kier molecular flexibility index (Phi) is 8.17. The Hall–Kier alpha value is -0.870. The average molecular weight is 202 g/mol. The minimum atomic E-state index is -0.455. The van der Waals surface area contributed by atoms with Gasteiger partial charge in [-0.15, -0.1) is 0 Å². The van der Waals surface area contributed by atoms with Gasteiger partial charge in [0.1, 0.15) is 6.61 Å². The molecule has 0 saturated carbocycles. The van der Waals surface area contributed by atoms with Gasteiger partial charge >= 0.3 is 5.97 Å². The van der Waals surface area contributed by atoms with Crippen molar-refractivity contribution in [2.75, 3.05) is 26.4 Å². The number of carbonyl (C=O) groups excluding carboxylic acids is 1. The Bertz CT molecular complexity index is 165. The van der Waals surface area contributed by atoms with Crippen molar-refractivity contribution in [2.24, 2.45) is 0 Å².